The first-order valence-electron chi connectivity index (χ1n) is 10.8. The lowest BCUT2D eigenvalue weighted by atomic mass is 10.0. The van der Waals surface area contributed by atoms with Crippen molar-refractivity contribution in [3.05, 3.63) is 94.1 Å². The fraction of sp³-hybridized carbons (Fsp3) is 0.240. The quantitative estimate of drug-likeness (QED) is 0.288. The zero-order valence-corrected chi connectivity index (χ0v) is 20.9. The molecule has 3 heterocycles. The zero-order chi connectivity index (χ0) is 23.7. The highest BCUT2D eigenvalue weighted by Crippen LogP contribution is 2.42. The predicted molar refractivity (Wildman–Crippen MR) is 136 cm³/mol. The van der Waals surface area contributed by atoms with Gasteiger partial charge in [0, 0.05) is 22.6 Å². The molecule has 2 N–H and O–H groups in total. The Balaban J connectivity index is 1.47. The Kier molecular flexibility index (Phi) is 6.78. The van der Waals surface area contributed by atoms with E-state index in [0.717, 1.165) is 26.7 Å². The summed E-state index contributed by atoms with van der Waals surface area (Å²) in [6.07, 6.45) is -0.587. The summed E-state index contributed by atoms with van der Waals surface area (Å²) in [4.78, 5) is 32.4. The molecule has 1 amide bonds. The van der Waals surface area contributed by atoms with Crippen LogP contribution in [0.1, 0.15) is 22.9 Å². The number of β-lactam (4-membered cyclic amide) rings is 1. The van der Waals surface area contributed by atoms with E-state index in [1.807, 2.05) is 73.0 Å². The first-order valence-corrected chi connectivity index (χ1v) is 13.7. The summed E-state index contributed by atoms with van der Waals surface area (Å²) < 4.78 is 7.05. The number of hydrogen-bond acceptors (Lipinski definition) is 8. The van der Waals surface area contributed by atoms with Gasteiger partial charge in [0.25, 0.3) is 0 Å². The maximum Gasteiger partial charge on any atom is 0.356 e. The first kappa shape index (κ1) is 23.2. The predicted octanol–water partition coefficient (Wildman–Crippen LogP) is 4.37. The van der Waals surface area contributed by atoms with Crippen LogP contribution in [0.15, 0.2) is 81.7 Å². The number of rotatable bonds is 7. The minimum atomic E-state index is -0.595. The van der Waals surface area contributed by atoms with E-state index in [1.165, 1.54) is 4.90 Å². The van der Waals surface area contributed by atoms with Gasteiger partial charge in [-0.15, -0.1) is 23.1 Å². The number of carbonyl (C=O) groups is 2. The molecule has 6 nitrogen and oxygen atoms in total. The molecule has 1 aromatic heterocycles. The number of esters is 1. The third kappa shape index (κ3) is 4.53. The highest BCUT2D eigenvalue weighted by molar-refractivity contribution is 8.01. The normalized spacial score (nSPS) is 19.7. The van der Waals surface area contributed by atoms with Crippen LogP contribution in [0.3, 0.4) is 0 Å². The molecule has 2 aromatic carbocycles. The van der Waals surface area contributed by atoms with Crippen molar-refractivity contribution in [2.75, 3.05) is 11.5 Å². The molecule has 174 valence electrons. The topological polar surface area (TPSA) is 85.5 Å². The summed E-state index contributed by atoms with van der Waals surface area (Å²) in [5.41, 5.74) is 9.93. The van der Waals surface area contributed by atoms with E-state index in [4.69, 9.17) is 10.5 Å². The minimum absolute atomic E-state index is 0.238. The van der Waals surface area contributed by atoms with Crippen molar-refractivity contribution in [3.63, 3.8) is 0 Å². The fourth-order valence-corrected chi connectivity index (χ4v) is 7.26. The molecule has 0 unspecified atom stereocenters. The lowest BCUT2D eigenvalue weighted by Gasteiger charge is -2.48. The first-order chi connectivity index (χ1) is 16.5. The van der Waals surface area contributed by atoms with Gasteiger partial charge >= 0.3 is 5.97 Å². The van der Waals surface area contributed by atoms with Crippen LogP contribution in [0, 0.1) is 6.92 Å². The van der Waals surface area contributed by atoms with E-state index in [1.54, 1.807) is 34.9 Å². The van der Waals surface area contributed by atoms with Crippen LogP contribution in [-0.2, 0) is 14.3 Å². The third-order valence-corrected chi connectivity index (χ3v) is 9.26. The van der Waals surface area contributed by atoms with Crippen LogP contribution in [-0.4, -0.2) is 44.7 Å². The summed E-state index contributed by atoms with van der Waals surface area (Å²) in [7, 11) is 0. The van der Waals surface area contributed by atoms with Crippen molar-refractivity contribution >= 4 is 46.7 Å². The Labute approximate surface area is 210 Å². The average Bonchev–Trinajstić information content (AvgIpc) is 3.30. The van der Waals surface area contributed by atoms with Crippen LogP contribution in [0.5, 0.6) is 0 Å². The maximum absolute atomic E-state index is 13.7. The lowest BCUT2D eigenvalue weighted by Crippen LogP contribution is -2.68. The van der Waals surface area contributed by atoms with Crippen LogP contribution in [0.4, 0.5) is 0 Å². The van der Waals surface area contributed by atoms with Gasteiger partial charge in [0.15, 0.2) is 6.10 Å². The van der Waals surface area contributed by atoms with Crippen molar-refractivity contribution in [2.24, 2.45) is 5.73 Å². The largest absolute Gasteiger partial charge is 0.448 e. The molecule has 0 bridgehead atoms. The second kappa shape index (κ2) is 9.95. The van der Waals surface area contributed by atoms with E-state index in [2.05, 4.69) is 4.98 Å². The molecule has 3 aromatic rings. The standard InChI is InChI=1S/C25H23N3O3S3/c1-15-12-33-25(27-15)34-14-18-13-32-23-19(26)22(29)28(23)20(18)24(30)31-21(16-8-4-2-5-9-16)17-10-6-3-7-11-17/h2-12,19,21,23H,13-14,26H2,1H3/t19-,23-/m1/s1. The second-order valence-corrected chi connectivity index (χ2v) is 11.2. The van der Waals surface area contributed by atoms with E-state index in [-0.39, 0.29) is 11.3 Å². The van der Waals surface area contributed by atoms with Gasteiger partial charge in [-0.1, -0.05) is 72.4 Å². The van der Waals surface area contributed by atoms with Gasteiger partial charge in [-0.3, -0.25) is 9.69 Å². The highest BCUT2D eigenvalue weighted by Gasteiger charge is 2.52. The SMILES string of the molecule is Cc1csc(SCC2=C(C(=O)OC(c3ccccc3)c3ccccc3)N3C(=O)[C@@H](N)[C@H]3SC2)n1. The Morgan fingerprint density at radius 1 is 1.18 bits per heavy atom. The molecule has 9 heteroatoms. The van der Waals surface area contributed by atoms with E-state index < -0.39 is 18.1 Å². The molecular weight excluding hydrogens is 486 g/mol. The molecule has 34 heavy (non-hydrogen) atoms. The molecule has 5 rings (SSSR count). The Morgan fingerprint density at radius 3 is 2.41 bits per heavy atom. The molecule has 0 radical (unpaired) electrons. The van der Waals surface area contributed by atoms with Gasteiger partial charge in [0.2, 0.25) is 5.91 Å². The summed E-state index contributed by atoms with van der Waals surface area (Å²) >= 11 is 4.73. The number of nitrogens with two attached hydrogens (primary N) is 1. The molecule has 1 saturated heterocycles. The number of aryl methyl sites for hydroxylation is 1. The molecule has 0 spiro atoms. The summed E-state index contributed by atoms with van der Waals surface area (Å²) in [6, 6.07) is 18.7. The fourth-order valence-electron chi connectivity index (χ4n) is 3.97. The van der Waals surface area contributed by atoms with Crippen molar-refractivity contribution in [2.45, 2.75) is 28.8 Å². The van der Waals surface area contributed by atoms with Gasteiger partial charge in [-0.2, -0.15) is 0 Å². The number of nitrogens with zero attached hydrogens (tertiary/aromatic N) is 2. The monoisotopic (exact) mass is 509 g/mol. The number of carbonyl (C=O) groups excluding carboxylic acids is 2. The number of ether oxygens (including phenoxy) is 1. The van der Waals surface area contributed by atoms with Gasteiger partial charge in [0.1, 0.15) is 21.5 Å². The summed E-state index contributed by atoms with van der Waals surface area (Å²) in [5.74, 6) is 0.421. The van der Waals surface area contributed by atoms with Gasteiger partial charge in [-0.25, -0.2) is 9.78 Å². The summed E-state index contributed by atoms with van der Waals surface area (Å²) in [6.45, 7) is 1.96. The van der Waals surface area contributed by atoms with Crippen molar-refractivity contribution < 1.29 is 14.3 Å². The van der Waals surface area contributed by atoms with Crippen LogP contribution in [0.2, 0.25) is 0 Å². The van der Waals surface area contributed by atoms with Crippen LogP contribution >= 0.6 is 34.9 Å². The number of benzene rings is 2. The number of fused-ring (bicyclic) bond motifs is 1. The Hall–Kier alpha value is -2.59. The van der Waals surface area contributed by atoms with Gasteiger partial charge < -0.3 is 10.5 Å². The second-order valence-electron chi connectivity index (χ2n) is 8.04. The average molecular weight is 510 g/mol. The Bertz CT molecular complexity index is 1190. The molecule has 0 aliphatic carbocycles. The number of amides is 1. The van der Waals surface area contributed by atoms with E-state index in [0.29, 0.717) is 17.2 Å². The third-order valence-electron chi connectivity index (χ3n) is 5.68. The van der Waals surface area contributed by atoms with Crippen molar-refractivity contribution in [1.82, 2.24) is 9.88 Å². The molecular formula is C25H23N3O3S3. The molecule has 2 atom stereocenters. The highest BCUT2D eigenvalue weighted by atomic mass is 32.2. The number of thioether (sulfide) groups is 2. The van der Waals surface area contributed by atoms with Gasteiger partial charge in [0.05, 0.1) is 0 Å². The number of aromatic nitrogens is 1. The maximum atomic E-state index is 13.7. The lowest BCUT2D eigenvalue weighted by molar-refractivity contribution is -0.153. The number of thiazole rings is 1. The summed E-state index contributed by atoms with van der Waals surface area (Å²) in [5, 5.41) is 1.76. The van der Waals surface area contributed by atoms with Crippen LogP contribution in [0.25, 0.3) is 0 Å². The minimum Gasteiger partial charge on any atom is -0.448 e. The Morgan fingerprint density at radius 2 is 1.82 bits per heavy atom. The van der Waals surface area contributed by atoms with E-state index in [9.17, 15) is 9.59 Å². The van der Waals surface area contributed by atoms with Crippen LogP contribution < -0.4 is 5.73 Å². The zero-order valence-electron chi connectivity index (χ0n) is 18.4. The molecule has 2 aliphatic rings. The van der Waals surface area contributed by atoms with Crippen molar-refractivity contribution in [1.29, 1.82) is 0 Å². The van der Waals surface area contributed by atoms with E-state index >= 15 is 0 Å². The molecule has 1 fully saturated rings. The molecule has 0 saturated carbocycles. The number of hydrogen-bond donors (Lipinski definition) is 1. The smallest absolute Gasteiger partial charge is 0.356 e. The molecule has 2 aliphatic heterocycles. The van der Waals surface area contributed by atoms with Crippen molar-refractivity contribution in [3.8, 4) is 0 Å². The van der Waals surface area contributed by atoms with Gasteiger partial charge in [-0.05, 0) is 23.6 Å².